The first-order chi connectivity index (χ1) is 10.5. The first kappa shape index (κ1) is 15.2. The topological polar surface area (TPSA) is 106 Å². The average Bonchev–Trinajstić information content (AvgIpc) is 3.17. The molecule has 2 aromatic heterocycles. The quantitative estimate of drug-likeness (QED) is 0.762. The van der Waals surface area contributed by atoms with Crippen molar-refractivity contribution in [2.45, 2.75) is 35.4 Å². The van der Waals surface area contributed by atoms with Crippen LogP contribution in [-0.2, 0) is 0 Å². The fourth-order valence-electron chi connectivity index (χ4n) is 1.70. The minimum Gasteiger partial charge on any atom is -0.368 e. The van der Waals surface area contributed by atoms with Gasteiger partial charge in [-0.25, -0.2) is 0 Å². The molecule has 0 amide bonds. The second-order valence-electron chi connectivity index (χ2n) is 5.30. The molecule has 10 heteroatoms. The summed E-state index contributed by atoms with van der Waals surface area (Å²) >= 11 is 3.13. The van der Waals surface area contributed by atoms with Gasteiger partial charge in [0.1, 0.15) is 5.82 Å². The second kappa shape index (κ2) is 6.21. The van der Waals surface area contributed by atoms with Gasteiger partial charge >= 0.3 is 0 Å². The van der Waals surface area contributed by atoms with Crippen molar-refractivity contribution in [3.63, 3.8) is 0 Å². The highest BCUT2D eigenvalue weighted by Gasteiger charge is 2.23. The molecule has 3 N–H and O–H groups in total. The van der Waals surface area contributed by atoms with Crippen LogP contribution in [0.3, 0.4) is 0 Å². The van der Waals surface area contributed by atoms with Gasteiger partial charge in [-0.15, -0.1) is 10.2 Å². The minimum absolute atomic E-state index is 0.0192. The van der Waals surface area contributed by atoms with Crippen LogP contribution in [0.4, 0.5) is 17.0 Å². The molecule has 0 saturated heterocycles. The van der Waals surface area contributed by atoms with Crippen LogP contribution in [-0.4, -0.2) is 45.3 Å². The van der Waals surface area contributed by atoms with Crippen LogP contribution in [0.15, 0.2) is 4.34 Å². The number of thioether (sulfide) groups is 1. The standard InChI is InChI=1S/C12H18N8S2/c1-6(8-15-9(13)17-10(16-8)20(2)3)21-12-19-18-11(22-12)14-7-4-5-7/h6-7H,4-5H2,1-3H3,(H,14,18)(H2,13,15,16,17). The first-order valence-electron chi connectivity index (χ1n) is 6.96. The molecule has 1 fully saturated rings. The zero-order valence-electron chi connectivity index (χ0n) is 12.6. The van der Waals surface area contributed by atoms with Crippen LogP contribution in [0.2, 0.25) is 0 Å². The molecule has 0 spiro atoms. The van der Waals surface area contributed by atoms with Crippen LogP contribution >= 0.6 is 23.1 Å². The zero-order chi connectivity index (χ0) is 15.7. The van der Waals surface area contributed by atoms with Crippen molar-refractivity contribution in [3.05, 3.63) is 5.82 Å². The highest BCUT2D eigenvalue weighted by atomic mass is 32.2. The van der Waals surface area contributed by atoms with Gasteiger partial charge in [-0.1, -0.05) is 23.1 Å². The van der Waals surface area contributed by atoms with E-state index in [0.717, 1.165) is 9.47 Å². The summed E-state index contributed by atoms with van der Waals surface area (Å²) in [5, 5.41) is 12.6. The molecule has 3 rings (SSSR count). The van der Waals surface area contributed by atoms with Crippen LogP contribution in [0.25, 0.3) is 0 Å². The second-order valence-corrected chi connectivity index (χ2v) is 7.86. The van der Waals surface area contributed by atoms with Gasteiger partial charge in [0.25, 0.3) is 0 Å². The number of hydrogen-bond acceptors (Lipinski definition) is 10. The lowest BCUT2D eigenvalue weighted by Gasteiger charge is -2.13. The van der Waals surface area contributed by atoms with E-state index in [0.29, 0.717) is 17.8 Å². The van der Waals surface area contributed by atoms with Crippen molar-refractivity contribution < 1.29 is 0 Å². The van der Waals surface area contributed by atoms with E-state index in [1.54, 1.807) is 23.1 Å². The average molecular weight is 338 g/mol. The molecule has 0 aliphatic heterocycles. The van der Waals surface area contributed by atoms with Crippen molar-refractivity contribution in [1.29, 1.82) is 0 Å². The Balaban J connectivity index is 1.70. The maximum atomic E-state index is 5.76. The van der Waals surface area contributed by atoms with Gasteiger partial charge in [0.05, 0.1) is 5.25 Å². The summed E-state index contributed by atoms with van der Waals surface area (Å²) in [6.45, 7) is 2.02. The number of nitrogens with one attached hydrogen (secondary N) is 1. The Kier molecular flexibility index (Phi) is 4.30. The predicted octanol–water partition coefficient (Wildman–Crippen LogP) is 1.80. The molecule has 8 nitrogen and oxygen atoms in total. The van der Waals surface area contributed by atoms with Gasteiger partial charge < -0.3 is 16.0 Å². The highest BCUT2D eigenvalue weighted by Crippen LogP contribution is 2.37. The number of nitrogen functional groups attached to an aromatic ring is 1. The molecule has 0 aromatic carbocycles. The van der Waals surface area contributed by atoms with Crippen LogP contribution in [0.1, 0.15) is 30.8 Å². The molecule has 0 radical (unpaired) electrons. The van der Waals surface area contributed by atoms with Gasteiger partial charge in [0, 0.05) is 20.1 Å². The van der Waals surface area contributed by atoms with Gasteiger partial charge in [0.15, 0.2) is 4.34 Å². The Labute approximate surface area is 137 Å². The molecule has 1 atom stereocenters. The largest absolute Gasteiger partial charge is 0.368 e. The van der Waals surface area contributed by atoms with Gasteiger partial charge in [-0.3, -0.25) is 0 Å². The number of aromatic nitrogens is 5. The summed E-state index contributed by atoms with van der Waals surface area (Å²) in [5.41, 5.74) is 5.76. The van der Waals surface area contributed by atoms with Crippen molar-refractivity contribution in [2.24, 2.45) is 0 Å². The third-order valence-corrected chi connectivity index (χ3v) is 5.05. The number of rotatable bonds is 6. The Morgan fingerprint density at radius 2 is 2.05 bits per heavy atom. The predicted molar refractivity (Wildman–Crippen MR) is 89.4 cm³/mol. The molecule has 2 heterocycles. The monoisotopic (exact) mass is 338 g/mol. The van der Waals surface area contributed by atoms with E-state index in [9.17, 15) is 0 Å². The van der Waals surface area contributed by atoms with Crippen molar-refractivity contribution in [1.82, 2.24) is 25.1 Å². The van der Waals surface area contributed by atoms with E-state index in [4.69, 9.17) is 5.73 Å². The maximum absolute atomic E-state index is 5.76. The zero-order valence-corrected chi connectivity index (χ0v) is 14.3. The molecule has 1 unspecified atom stereocenters. The summed E-state index contributed by atoms with van der Waals surface area (Å²) < 4.78 is 0.890. The molecule has 118 valence electrons. The molecule has 1 aliphatic rings. The fraction of sp³-hybridized carbons (Fsp3) is 0.583. The Morgan fingerprint density at radius 1 is 1.27 bits per heavy atom. The Morgan fingerprint density at radius 3 is 2.73 bits per heavy atom. The van der Waals surface area contributed by atoms with Crippen molar-refractivity contribution >= 4 is 40.1 Å². The van der Waals surface area contributed by atoms with E-state index in [1.807, 2.05) is 25.9 Å². The van der Waals surface area contributed by atoms with Crippen molar-refractivity contribution in [3.8, 4) is 0 Å². The lowest BCUT2D eigenvalue weighted by Crippen LogP contribution is -2.16. The lowest BCUT2D eigenvalue weighted by atomic mass is 10.4. The summed E-state index contributed by atoms with van der Waals surface area (Å²) in [7, 11) is 3.74. The molecular weight excluding hydrogens is 320 g/mol. The maximum Gasteiger partial charge on any atom is 0.229 e. The number of hydrogen-bond donors (Lipinski definition) is 2. The summed E-state index contributed by atoms with van der Waals surface area (Å²) in [4.78, 5) is 14.6. The Hall–Kier alpha value is -1.68. The number of anilines is 3. The number of nitrogens with zero attached hydrogens (tertiary/aromatic N) is 6. The van der Waals surface area contributed by atoms with E-state index in [-0.39, 0.29) is 11.2 Å². The summed E-state index contributed by atoms with van der Waals surface area (Å²) in [6.07, 6.45) is 2.44. The molecule has 22 heavy (non-hydrogen) atoms. The minimum atomic E-state index is 0.0192. The van der Waals surface area contributed by atoms with Gasteiger partial charge in [0.2, 0.25) is 17.0 Å². The molecule has 2 aromatic rings. The van der Waals surface area contributed by atoms with E-state index in [2.05, 4.69) is 30.5 Å². The molecule has 1 saturated carbocycles. The molecule has 0 bridgehead atoms. The third-order valence-electron chi connectivity index (χ3n) is 3.01. The first-order valence-corrected chi connectivity index (χ1v) is 8.66. The molecular formula is C12H18N8S2. The van der Waals surface area contributed by atoms with E-state index in [1.165, 1.54) is 12.8 Å². The normalized spacial score (nSPS) is 15.6. The smallest absolute Gasteiger partial charge is 0.229 e. The molecule has 1 aliphatic carbocycles. The van der Waals surface area contributed by atoms with Crippen LogP contribution in [0, 0.1) is 0 Å². The summed E-state index contributed by atoms with van der Waals surface area (Å²) in [5.74, 6) is 1.44. The van der Waals surface area contributed by atoms with Crippen molar-refractivity contribution in [2.75, 3.05) is 30.0 Å². The van der Waals surface area contributed by atoms with E-state index < -0.39 is 0 Å². The van der Waals surface area contributed by atoms with Crippen LogP contribution < -0.4 is 16.0 Å². The van der Waals surface area contributed by atoms with Gasteiger partial charge in [-0.2, -0.15) is 15.0 Å². The highest BCUT2D eigenvalue weighted by molar-refractivity contribution is 8.01. The van der Waals surface area contributed by atoms with E-state index >= 15 is 0 Å². The fourth-order valence-corrected chi connectivity index (χ4v) is 3.72. The SMILES string of the molecule is CC(Sc1nnc(NC2CC2)s1)c1nc(N)nc(N(C)C)n1. The summed E-state index contributed by atoms with van der Waals surface area (Å²) in [6, 6.07) is 0.578. The van der Waals surface area contributed by atoms with Gasteiger partial charge in [-0.05, 0) is 19.8 Å². The lowest BCUT2D eigenvalue weighted by molar-refractivity contribution is 0.863. The Bertz CT molecular complexity index is 654. The third kappa shape index (κ3) is 3.74. The number of nitrogens with two attached hydrogens (primary N) is 1. The van der Waals surface area contributed by atoms with Crippen LogP contribution in [0.5, 0.6) is 0 Å².